The molecule has 8 atom stereocenters. The van der Waals surface area contributed by atoms with Crippen LogP contribution >= 0.6 is 0 Å². The van der Waals surface area contributed by atoms with Gasteiger partial charge in [0.1, 0.15) is 12.2 Å². The molecule has 2 amide bonds. The molecule has 5 fully saturated rings. The normalized spacial score (nSPS) is 40.7. The van der Waals surface area contributed by atoms with E-state index in [0.717, 1.165) is 12.8 Å². The molecule has 34 heavy (non-hydrogen) atoms. The third kappa shape index (κ3) is 4.22. The van der Waals surface area contributed by atoms with Gasteiger partial charge in [-0.25, -0.2) is 18.6 Å². The molecule has 0 aromatic carbocycles. The summed E-state index contributed by atoms with van der Waals surface area (Å²) in [5.74, 6) is -1.61. The average Bonchev–Trinajstić information content (AvgIpc) is 3.28. The number of halogens is 3. The smallest absolute Gasteiger partial charge is 0.241 e. The zero-order valence-electron chi connectivity index (χ0n) is 19.8. The number of likely N-dealkylation sites (N-methyl/N-ethyl adjacent to an activating group) is 1. The third-order valence-electron chi connectivity index (χ3n) is 9.02. The predicted molar refractivity (Wildman–Crippen MR) is 118 cm³/mol. The van der Waals surface area contributed by atoms with Crippen molar-refractivity contribution in [3.05, 3.63) is 0 Å². The predicted octanol–water partition coefficient (Wildman–Crippen LogP) is 0.677. The molecule has 5 aliphatic rings. The van der Waals surface area contributed by atoms with Gasteiger partial charge in [-0.1, -0.05) is 0 Å². The van der Waals surface area contributed by atoms with Gasteiger partial charge in [-0.05, 0) is 44.4 Å². The van der Waals surface area contributed by atoms with Gasteiger partial charge < -0.3 is 19.9 Å². The minimum Gasteiger partial charge on any atom is -0.382 e. The number of carbonyl (C=O) groups excluding carboxylic acids is 2. The maximum atomic E-state index is 14.1. The minimum atomic E-state index is -2.58. The summed E-state index contributed by atoms with van der Waals surface area (Å²) in [4.78, 5) is 30.3. The number of ether oxygens (including phenoxy) is 1. The third-order valence-corrected chi connectivity index (χ3v) is 9.02. The van der Waals surface area contributed by atoms with Crippen molar-refractivity contribution in [3.8, 4) is 0 Å². The molecule has 0 bridgehead atoms. The van der Waals surface area contributed by atoms with E-state index >= 15 is 0 Å². The van der Waals surface area contributed by atoms with Crippen LogP contribution in [0.3, 0.4) is 0 Å². The fourth-order valence-corrected chi connectivity index (χ4v) is 6.81. The first-order chi connectivity index (χ1) is 16.2. The van der Waals surface area contributed by atoms with Crippen LogP contribution in [0, 0.1) is 17.8 Å². The molecular weight excluding hydrogens is 451 g/mol. The summed E-state index contributed by atoms with van der Waals surface area (Å²) in [5.41, 5.74) is 6.15. The van der Waals surface area contributed by atoms with Crippen LogP contribution in [0.15, 0.2) is 0 Å². The Morgan fingerprint density at radius 3 is 2.59 bits per heavy atom. The molecule has 8 unspecified atom stereocenters. The van der Waals surface area contributed by atoms with Crippen molar-refractivity contribution in [3.63, 3.8) is 0 Å². The molecule has 0 radical (unpaired) electrons. The van der Waals surface area contributed by atoms with Crippen molar-refractivity contribution in [2.24, 2.45) is 17.8 Å². The molecule has 2 aliphatic carbocycles. The maximum absolute atomic E-state index is 14.1. The number of likely N-dealkylation sites (tertiary alicyclic amines) is 1. The minimum absolute atomic E-state index is 0.0115. The second-order valence-corrected chi connectivity index (χ2v) is 11.0. The summed E-state index contributed by atoms with van der Waals surface area (Å²) in [6.45, 7) is 1.46. The van der Waals surface area contributed by atoms with Crippen LogP contribution in [-0.4, -0.2) is 97.8 Å². The molecule has 11 heteroatoms. The Morgan fingerprint density at radius 1 is 1.15 bits per heavy atom. The lowest BCUT2D eigenvalue weighted by molar-refractivity contribution is -0.140. The monoisotopic (exact) mass is 487 g/mol. The fraction of sp³-hybridized carbons (Fsp3) is 0.913. The first kappa shape index (κ1) is 24.3. The van der Waals surface area contributed by atoms with Gasteiger partial charge in [-0.3, -0.25) is 15.0 Å². The lowest BCUT2D eigenvalue weighted by atomic mass is 9.75. The number of nitrogens with one attached hydrogen (secondary N) is 3. The summed E-state index contributed by atoms with van der Waals surface area (Å²) < 4.78 is 46.5. The number of rotatable bonds is 6. The topological polar surface area (TPSA) is 85.9 Å². The molecular formula is C23H36F3N5O3. The first-order valence-corrected chi connectivity index (χ1v) is 12.5. The zero-order chi connectivity index (χ0) is 24.2. The highest BCUT2D eigenvalue weighted by molar-refractivity contribution is 5.85. The SMILES string of the molecule is COCC1(N(C)C(=O)C2NNC3CCN(C(=O)C4CC5C(CC(F)CC5C(F)F)N4)CC32)CC1. The van der Waals surface area contributed by atoms with Crippen LogP contribution in [0.1, 0.15) is 38.5 Å². The molecule has 0 aromatic heterocycles. The van der Waals surface area contributed by atoms with E-state index in [1.54, 1.807) is 16.9 Å². The number of piperidine rings is 1. The molecule has 3 saturated heterocycles. The van der Waals surface area contributed by atoms with Crippen molar-refractivity contribution in [1.29, 1.82) is 0 Å². The van der Waals surface area contributed by atoms with E-state index in [1.165, 1.54) is 0 Å². The van der Waals surface area contributed by atoms with Gasteiger partial charge in [0, 0.05) is 51.2 Å². The van der Waals surface area contributed by atoms with Gasteiger partial charge in [0.05, 0.1) is 18.2 Å². The van der Waals surface area contributed by atoms with Crippen LogP contribution in [-0.2, 0) is 14.3 Å². The fourth-order valence-electron chi connectivity index (χ4n) is 6.81. The molecule has 192 valence electrons. The van der Waals surface area contributed by atoms with Crippen LogP contribution in [0.4, 0.5) is 13.2 Å². The molecule has 0 spiro atoms. The standard InChI is InChI=1S/C23H36F3N5O3/c1-30(23(4-5-23)11-34-2)22(33)19-15-10-31(6-3-16(15)28-29-19)21(32)18-9-13-14(20(25)26)7-12(24)8-17(13)27-18/h12-20,27-29H,3-11H2,1-2H3. The number of carbonyl (C=O) groups is 2. The van der Waals surface area contributed by atoms with E-state index in [-0.39, 0.29) is 54.1 Å². The number of hydrazine groups is 1. The Balaban J connectivity index is 1.23. The second kappa shape index (κ2) is 9.22. The summed E-state index contributed by atoms with van der Waals surface area (Å²) in [5, 5.41) is 3.17. The number of methoxy groups -OCH3 is 1. The molecule has 3 aliphatic heterocycles. The molecule has 0 aromatic rings. The Morgan fingerprint density at radius 2 is 1.91 bits per heavy atom. The van der Waals surface area contributed by atoms with Crippen molar-refractivity contribution in [1.82, 2.24) is 26.0 Å². The average molecular weight is 488 g/mol. The number of nitrogens with zero attached hydrogens (tertiary/aromatic N) is 2. The highest BCUT2D eigenvalue weighted by atomic mass is 19.3. The Bertz CT molecular complexity index is 800. The van der Waals surface area contributed by atoms with Gasteiger partial charge in [0.15, 0.2) is 0 Å². The highest BCUT2D eigenvalue weighted by Gasteiger charge is 2.54. The molecule has 3 N–H and O–H groups in total. The van der Waals surface area contributed by atoms with Crippen molar-refractivity contribution < 1.29 is 27.5 Å². The van der Waals surface area contributed by atoms with E-state index < -0.39 is 30.6 Å². The molecule has 3 heterocycles. The summed E-state index contributed by atoms with van der Waals surface area (Å²) >= 11 is 0. The number of fused-ring (bicyclic) bond motifs is 2. The van der Waals surface area contributed by atoms with E-state index in [4.69, 9.17) is 4.74 Å². The van der Waals surface area contributed by atoms with E-state index in [0.29, 0.717) is 32.5 Å². The lowest BCUT2D eigenvalue weighted by Crippen LogP contribution is -2.56. The summed E-state index contributed by atoms with van der Waals surface area (Å²) in [6.07, 6.45) is -0.943. The zero-order valence-corrected chi connectivity index (χ0v) is 19.8. The van der Waals surface area contributed by atoms with Crippen LogP contribution in [0.5, 0.6) is 0 Å². The van der Waals surface area contributed by atoms with Crippen molar-refractivity contribution in [2.75, 3.05) is 33.9 Å². The van der Waals surface area contributed by atoms with E-state index in [9.17, 15) is 22.8 Å². The number of hydrogen-bond donors (Lipinski definition) is 3. The number of hydrogen-bond acceptors (Lipinski definition) is 6. The highest BCUT2D eigenvalue weighted by Crippen LogP contribution is 2.43. The van der Waals surface area contributed by atoms with Crippen LogP contribution in [0.25, 0.3) is 0 Å². The summed E-state index contributed by atoms with van der Waals surface area (Å²) in [7, 11) is 3.45. The van der Waals surface area contributed by atoms with Gasteiger partial charge in [0.2, 0.25) is 18.2 Å². The van der Waals surface area contributed by atoms with Gasteiger partial charge >= 0.3 is 0 Å². The van der Waals surface area contributed by atoms with E-state index in [2.05, 4.69) is 16.2 Å². The Labute approximate surface area is 198 Å². The van der Waals surface area contributed by atoms with Gasteiger partial charge in [-0.15, -0.1) is 0 Å². The molecule has 5 rings (SSSR count). The molecule has 8 nitrogen and oxygen atoms in total. The van der Waals surface area contributed by atoms with E-state index in [1.807, 2.05) is 7.05 Å². The molecule has 2 saturated carbocycles. The van der Waals surface area contributed by atoms with Crippen LogP contribution < -0.4 is 16.2 Å². The largest absolute Gasteiger partial charge is 0.382 e. The number of amides is 2. The quantitative estimate of drug-likeness (QED) is 0.511. The Kier molecular flexibility index (Phi) is 6.58. The lowest BCUT2D eigenvalue weighted by Gasteiger charge is -2.38. The summed E-state index contributed by atoms with van der Waals surface area (Å²) in [6, 6.07) is -1.33. The van der Waals surface area contributed by atoms with Gasteiger partial charge in [0.25, 0.3) is 0 Å². The maximum Gasteiger partial charge on any atom is 0.241 e. The van der Waals surface area contributed by atoms with Crippen molar-refractivity contribution >= 4 is 11.8 Å². The number of alkyl halides is 3. The Hall–Kier alpha value is -1.43. The van der Waals surface area contributed by atoms with Crippen LogP contribution in [0.2, 0.25) is 0 Å². The van der Waals surface area contributed by atoms with Crippen molar-refractivity contribution in [2.45, 2.75) is 80.8 Å². The first-order valence-electron chi connectivity index (χ1n) is 12.5. The second-order valence-electron chi connectivity index (χ2n) is 11.0. The van der Waals surface area contributed by atoms with Gasteiger partial charge in [-0.2, -0.15) is 0 Å².